The van der Waals surface area contributed by atoms with E-state index in [4.69, 9.17) is 22.3 Å². The second-order valence-corrected chi connectivity index (χ2v) is 1.42. The number of hydrogen-bond donors (Lipinski definition) is 4. The van der Waals surface area contributed by atoms with Gasteiger partial charge in [0, 0.05) is 6.54 Å². The highest BCUT2D eigenvalue weighted by atomic mass is 15.3. The molecule has 0 rings (SSSR count). The highest BCUT2D eigenvalue weighted by molar-refractivity contribution is 5.94. The molecule has 0 atom stereocenters. The van der Waals surface area contributed by atoms with Crippen LogP contribution >= 0.6 is 0 Å². The van der Waals surface area contributed by atoms with E-state index in [0.29, 0.717) is 0 Å². The zero-order chi connectivity index (χ0) is 7.44. The highest BCUT2D eigenvalue weighted by Gasteiger charge is 2.04. The van der Waals surface area contributed by atoms with Crippen molar-refractivity contribution in [1.82, 2.24) is 4.90 Å². The van der Waals surface area contributed by atoms with E-state index in [9.17, 15) is 0 Å². The number of guanidine groups is 2. The molecule has 5 heteroatoms. The van der Waals surface area contributed by atoms with Gasteiger partial charge in [-0.2, -0.15) is 0 Å². The summed E-state index contributed by atoms with van der Waals surface area (Å²) in [6.07, 6.45) is 0. The van der Waals surface area contributed by atoms with Crippen LogP contribution in [0, 0.1) is 17.7 Å². The van der Waals surface area contributed by atoms with Gasteiger partial charge in [0.15, 0.2) is 11.9 Å². The van der Waals surface area contributed by atoms with Crippen LogP contribution in [0.5, 0.6) is 0 Å². The topological polar surface area (TPSA) is 103 Å². The van der Waals surface area contributed by atoms with Gasteiger partial charge in [-0.05, 0) is 6.92 Å². The lowest BCUT2D eigenvalue weighted by Crippen LogP contribution is -2.44. The first-order chi connectivity index (χ1) is 4.09. The first-order valence-corrected chi connectivity index (χ1v) is 2.34. The quantitative estimate of drug-likeness (QED) is 0.266. The van der Waals surface area contributed by atoms with Crippen LogP contribution < -0.4 is 11.5 Å². The molecule has 0 saturated carbocycles. The highest BCUT2D eigenvalue weighted by Crippen LogP contribution is 1.80. The van der Waals surface area contributed by atoms with Crippen LogP contribution in [0.15, 0.2) is 0 Å². The molecule has 5 nitrogen and oxygen atoms in total. The van der Waals surface area contributed by atoms with Crippen LogP contribution in [0.2, 0.25) is 0 Å². The summed E-state index contributed by atoms with van der Waals surface area (Å²) in [5, 5.41) is 13.6. The minimum Gasteiger partial charge on any atom is -0.370 e. The predicted molar refractivity (Wildman–Crippen MR) is 35.9 cm³/mol. The van der Waals surface area contributed by atoms with Crippen molar-refractivity contribution in [1.29, 1.82) is 10.8 Å². The molecule has 0 aliphatic rings. The third-order valence-electron chi connectivity index (χ3n) is 0.805. The van der Waals surface area contributed by atoms with Gasteiger partial charge in [-0.3, -0.25) is 15.7 Å². The van der Waals surface area contributed by atoms with E-state index in [0.717, 1.165) is 4.90 Å². The molecule has 0 aromatic carbocycles. The molecule has 0 heterocycles. The fourth-order valence-electron chi connectivity index (χ4n) is 0.371. The van der Waals surface area contributed by atoms with E-state index in [1.54, 1.807) is 0 Å². The van der Waals surface area contributed by atoms with Crippen LogP contribution in [0.25, 0.3) is 0 Å². The average molecular weight is 128 g/mol. The summed E-state index contributed by atoms with van der Waals surface area (Å²) >= 11 is 0. The lowest BCUT2D eigenvalue weighted by atomic mass is 10.6. The van der Waals surface area contributed by atoms with Crippen molar-refractivity contribution in [2.45, 2.75) is 0 Å². The van der Waals surface area contributed by atoms with Crippen molar-refractivity contribution < 1.29 is 0 Å². The Morgan fingerprint density at radius 1 is 1.33 bits per heavy atom. The summed E-state index contributed by atoms with van der Waals surface area (Å²) in [5.41, 5.74) is 9.99. The van der Waals surface area contributed by atoms with Crippen LogP contribution in [-0.4, -0.2) is 23.4 Å². The van der Waals surface area contributed by atoms with E-state index in [1.165, 1.54) is 0 Å². The third-order valence-corrected chi connectivity index (χ3v) is 0.805. The summed E-state index contributed by atoms with van der Waals surface area (Å²) in [7, 11) is 0. The Hall–Kier alpha value is -1.26. The molecule has 0 fully saturated rings. The van der Waals surface area contributed by atoms with Gasteiger partial charge in [0.25, 0.3) is 0 Å². The van der Waals surface area contributed by atoms with Crippen LogP contribution in [-0.2, 0) is 0 Å². The fraction of sp³-hybridized carbons (Fsp3) is 0.250. The third kappa shape index (κ3) is 1.98. The second kappa shape index (κ2) is 2.91. The van der Waals surface area contributed by atoms with Crippen LogP contribution in [0.4, 0.5) is 0 Å². The van der Waals surface area contributed by atoms with Gasteiger partial charge < -0.3 is 11.5 Å². The van der Waals surface area contributed by atoms with Crippen LogP contribution in [0.1, 0.15) is 0 Å². The van der Waals surface area contributed by atoms with E-state index < -0.39 is 0 Å². The Morgan fingerprint density at radius 3 is 1.67 bits per heavy atom. The Morgan fingerprint density at radius 2 is 1.67 bits per heavy atom. The monoisotopic (exact) mass is 128 g/mol. The number of nitrogens with two attached hydrogens (primary N) is 2. The van der Waals surface area contributed by atoms with Gasteiger partial charge in [0.05, 0.1) is 0 Å². The van der Waals surface area contributed by atoms with Gasteiger partial charge >= 0.3 is 0 Å². The molecule has 0 bridgehead atoms. The van der Waals surface area contributed by atoms with Gasteiger partial charge in [-0.1, -0.05) is 0 Å². The minimum absolute atomic E-state index is 0.213. The Kier molecular flexibility index (Phi) is 2.50. The maximum Gasteiger partial charge on any atom is 0.195 e. The van der Waals surface area contributed by atoms with Crippen molar-refractivity contribution in [2.75, 3.05) is 6.54 Å². The van der Waals surface area contributed by atoms with Crippen molar-refractivity contribution >= 4 is 11.9 Å². The lowest BCUT2D eigenvalue weighted by molar-refractivity contribution is 0.650. The first-order valence-electron chi connectivity index (χ1n) is 2.34. The number of hydrogen-bond acceptors (Lipinski definition) is 2. The molecule has 9 heavy (non-hydrogen) atoms. The minimum atomic E-state index is -0.252. The predicted octanol–water partition coefficient (Wildman–Crippen LogP) is -1.09. The van der Waals surface area contributed by atoms with Gasteiger partial charge in [0.1, 0.15) is 0 Å². The second-order valence-electron chi connectivity index (χ2n) is 1.42. The molecule has 1 radical (unpaired) electrons. The lowest BCUT2D eigenvalue weighted by Gasteiger charge is -2.16. The Bertz CT molecular complexity index is 115. The number of nitrogens with zero attached hydrogens (tertiary/aromatic N) is 1. The van der Waals surface area contributed by atoms with Crippen molar-refractivity contribution in [3.63, 3.8) is 0 Å². The zero-order valence-corrected chi connectivity index (χ0v) is 5.02. The van der Waals surface area contributed by atoms with Gasteiger partial charge in [-0.25, -0.2) is 0 Å². The maximum absolute atomic E-state index is 6.82. The normalized spacial score (nSPS) is 8.56. The molecule has 0 saturated heterocycles. The van der Waals surface area contributed by atoms with Crippen LogP contribution in [0.3, 0.4) is 0 Å². The number of rotatable bonds is 1. The molecular formula is C4H10N5. The molecule has 0 aromatic heterocycles. The average Bonchev–Trinajstić information content (AvgIpc) is 1.64. The molecule has 0 amide bonds. The molecule has 0 spiro atoms. The van der Waals surface area contributed by atoms with E-state index in [2.05, 4.69) is 6.92 Å². The largest absolute Gasteiger partial charge is 0.370 e. The van der Waals surface area contributed by atoms with Crippen molar-refractivity contribution in [2.24, 2.45) is 11.5 Å². The smallest absolute Gasteiger partial charge is 0.195 e. The summed E-state index contributed by atoms with van der Waals surface area (Å²) in [4.78, 5) is 1.07. The summed E-state index contributed by atoms with van der Waals surface area (Å²) < 4.78 is 0. The first kappa shape index (κ1) is 7.74. The zero-order valence-electron chi connectivity index (χ0n) is 5.02. The van der Waals surface area contributed by atoms with E-state index in [-0.39, 0.29) is 18.5 Å². The molecule has 6 N–H and O–H groups in total. The van der Waals surface area contributed by atoms with Crippen molar-refractivity contribution in [3.8, 4) is 0 Å². The Balaban J connectivity index is 3.99. The van der Waals surface area contributed by atoms with E-state index >= 15 is 0 Å². The molecule has 0 unspecified atom stereocenters. The van der Waals surface area contributed by atoms with E-state index in [1.807, 2.05) is 0 Å². The SMILES string of the molecule is [CH2]CN(C(=N)N)C(=N)N. The molecule has 0 aliphatic heterocycles. The maximum atomic E-state index is 6.82. The number of nitrogens with one attached hydrogen (secondary N) is 2. The Labute approximate surface area is 53.6 Å². The standard InChI is InChI=1S/C4H10N5/c1-2-9(3(5)6)4(7)8/h1-2H2,(H3,5,6)(H3,7,8). The molecule has 0 aliphatic carbocycles. The molecule has 51 valence electrons. The van der Waals surface area contributed by atoms with Gasteiger partial charge in [-0.15, -0.1) is 0 Å². The fourth-order valence-corrected chi connectivity index (χ4v) is 0.371. The summed E-state index contributed by atoms with van der Waals surface area (Å²) in [6, 6.07) is 0. The molecular weight excluding hydrogens is 118 g/mol. The summed E-state index contributed by atoms with van der Waals surface area (Å²) in [6.45, 7) is 3.63. The van der Waals surface area contributed by atoms with Crippen molar-refractivity contribution in [3.05, 3.63) is 6.92 Å². The summed E-state index contributed by atoms with van der Waals surface area (Å²) in [5.74, 6) is -0.505. The van der Waals surface area contributed by atoms with Gasteiger partial charge in [0.2, 0.25) is 0 Å². The molecule has 0 aromatic rings.